The van der Waals surface area contributed by atoms with Gasteiger partial charge in [0, 0.05) is 19.2 Å². The molecule has 88 valence electrons. The zero-order valence-electron chi connectivity index (χ0n) is 9.49. The summed E-state index contributed by atoms with van der Waals surface area (Å²) in [6.07, 6.45) is 0. The normalized spacial score (nSPS) is 9.88. The minimum Gasteiger partial charge on any atom is -0.475 e. The molecule has 1 aromatic heterocycles. The first-order valence-corrected chi connectivity index (χ1v) is 5.17. The second-order valence-electron chi connectivity index (χ2n) is 3.07. The predicted molar refractivity (Wildman–Crippen MR) is 59.5 cm³/mol. The number of hydrogen-bond donors (Lipinski definition) is 2. The van der Waals surface area contributed by atoms with Crippen LogP contribution in [0.5, 0.6) is 5.88 Å². The van der Waals surface area contributed by atoms with Gasteiger partial charge in [0.15, 0.2) is 5.69 Å². The van der Waals surface area contributed by atoms with Gasteiger partial charge in [-0.2, -0.15) is 0 Å². The molecule has 1 aromatic rings. The van der Waals surface area contributed by atoms with E-state index in [0.29, 0.717) is 24.7 Å². The van der Waals surface area contributed by atoms with Crippen LogP contribution in [0.4, 0.5) is 0 Å². The van der Waals surface area contributed by atoms with Crippen molar-refractivity contribution < 1.29 is 9.53 Å². The maximum Gasteiger partial charge on any atom is 0.271 e. The molecule has 2 N–H and O–H groups in total. The van der Waals surface area contributed by atoms with E-state index in [1.807, 2.05) is 14.0 Å². The topological polar surface area (TPSA) is 76.1 Å². The van der Waals surface area contributed by atoms with E-state index in [0.717, 1.165) is 6.54 Å². The zero-order chi connectivity index (χ0) is 11.8. The van der Waals surface area contributed by atoms with Gasteiger partial charge in [0.1, 0.15) is 6.61 Å². The Hall–Kier alpha value is -1.69. The second kappa shape index (κ2) is 6.73. The highest BCUT2D eigenvalue weighted by molar-refractivity contribution is 5.91. The van der Waals surface area contributed by atoms with Crippen molar-refractivity contribution in [3.63, 3.8) is 0 Å². The van der Waals surface area contributed by atoms with Gasteiger partial charge in [-0.3, -0.25) is 4.79 Å². The fourth-order valence-corrected chi connectivity index (χ4v) is 1.03. The van der Waals surface area contributed by atoms with Crippen molar-refractivity contribution >= 4 is 5.91 Å². The molecule has 0 fully saturated rings. The largest absolute Gasteiger partial charge is 0.475 e. The van der Waals surface area contributed by atoms with Crippen LogP contribution < -0.4 is 15.4 Å². The quantitative estimate of drug-likeness (QED) is 0.656. The highest BCUT2D eigenvalue weighted by atomic mass is 16.5. The highest BCUT2D eigenvalue weighted by Crippen LogP contribution is 2.04. The molecule has 0 aromatic carbocycles. The van der Waals surface area contributed by atoms with Crippen molar-refractivity contribution in [1.29, 1.82) is 0 Å². The van der Waals surface area contributed by atoms with Crippen molar-refractivity contribution in [3.8, 4) is 5.88 Å². The summed E-state index contributed by atoms with van der Waals surface area (Å²) in [5.41, 5.74) is 0.294. The maximum atomic E-state index is 11.4. The number of hydrogen-bond acceptors (Lipinski definition) is 5. The molecule has 0 aliphatic rings. The van der Waals surface area contributed by atoms with Crippen LogP contribution in [0.2, 0.25) is 0 Å². The van der Waals surface area contributed by atoms with Crippen molar-refractivity contribution in [2.24, 2.45) is 0 Å². The summed E-state index contributed by atoms with van der Waals surface area (Å²) >= 11 is 0. The Morgan fingerprint density at radius 1 is 1.44 bits per heavy atom. The third-order valence-electron chi connectivity index (χ3n) is 1.81. The molecule has 1 rings (SSSR count). The van der Waals surface area contributed by atoms with Crippen LogP contribution in [0.3, 0.4) is 0 Å². The molecule has 6 nitrogen and oxygen atoms in total. The summed E-state index contributed by atoms with van der Waals surface area (Å²) < 4.78 is 5.27. The van der Waals surface area contributed by atoms with Crippen molar-refractivity contribution in [2.45, 2.75) is 6.92 Å². The number of carbonyl (C=O) groups is 1. The smallest absolute Gasteiger partial charge is 0.271 e. The molecule has 16 heavy (non-hydrogen) atoms. The molecular weight excluding hydrogens is 208 g/mol. The van der Waals surface area contributed by atoms with Gasteiger partial charge >= 0.3 is 0 Å². The van der Waals surface area contributed by atoms with Gasteiger partial charge in [-0.05, 0) is 20.0 Å². The predicted octanol–water partition coefficient (Wildman–Crippen LogP) is -0.175. The van der Waals surface area contributed by atoms with E-state index in [2.05, 4.69) is 20.8 Å². The van der Waals surface area contributed by atoms with Crippen LogP contribution in [0.15, 0.2) is 12.1 Å². The Labute approximate surface area is 94.4 Å². The molecule has 0 atom stereocenters. The van der Waals surface area contributed by atoms with Crippen LogP contribution in [0.1, 0.15) is 17.4 Å². The van der Waals surface area contributed by atoms with E-state index >= 15 is 0 Å². The van der Waals surface area contributed by atoms with E-state index in [1.165, 1.54) is 0 Å². The zero-order valence-corrected chi connectivity index (χ0v) is 9.49. The van der Waals surface area contributed by atoms with Gasteiger partial charge in [0.25, 0.3) is 5.91 Å². The average Bonchev–Trinajstić information content (AvgIpc) is 2.30. The van der Waals surface area contributed by atoms with Crippen molar-refractivity contribution in [1.82, 2.24) is 20.8 Å². The lowest BCUT2D eigenvalue weighted by Crippen LogP contribution is -2.24. The van der Waals surface area contributed by atoms with Gasteiger partial charge in [0.05, 0.1) is 0 Å². The number of rotatable bonds is 6. The molecule has 0 bridgehead atoms. The molecule has 1 heterocycles. The average molecular weight is 224 g/mol. The molecule has 0 saturated heterocycles. The van der Waals surface area contributed by atoms with Crippen molar-refractivity contribution in [3.05, 3.63) is 17.8 Å². The second-order valence-corrected chi connectivity index (χ2v) is 3.07. The lowest BCUT2D eigenvalue weighted by atomic mass is 10.3. The Morgan fingerprint density at radius 2 is 2.25 bits per heavy atom. The molecule has 0 aliphatic carbocycles. The van der Waals surface area contributed by atoms with Crippen LogP contribution in [0, 0.1) is 0 Å². The lowest BCUT2D eigenvalue weighted by molar-refractivity contribution is 0.0949. The molecule has 0 spiro atoms. The summed E-state index contributed by atoms with van der Waals surface area (Å²) in [5, 5.41) is 13.1. The summed E-state index contributed by atoms with van der Waals surface area (Å²) in [6, 6.07) is 3.22. The number of carbonyl (C=O) groups excluding carboxylic acids is 1. The number of likely N-dealkylation sites (N-methyl/N-ethyl adjacent to an activating group) is 1. The molecular formula is C10H16N4O2. The minimum absolute atomic E-state index is 0.225. The molecule has 0 saturated carbocycles. The first kappa shape index (κ1) is 12.4. The third-order valence-corrected chi connectivity index (χ3v) is 1.81. The van der Waals surface area contributed by atoms with Gasteiger partial charge in [0.2, 0.25) is 5.88 Å². The van der Waals surface area contributed by atoms with E-state index in [1.54, 1.807) is 12.1 Å². The highest BCUT2D eigenvalue weighted by Gasteiger charge is 2.06. The fraction of sp³-hybridized carbons (Fsp3) is 0.500. The summed E-state index contributed by atoms with van der Waals surface area (Å²) in [4.78, 5) is 11.4. The number of nitrogens with zero attached hydrogens (tertiary/aromatic N) is 2. The van der Waals surface area contributed by atoms with Crippen LogP contribution in [0.25, 0.3) is 0 Å². The molecule has 1 amide bonds. The van der Waals surface area contributed by atoms with Gasteiger partial charge in [-0.1, -0.05) is 0 Å². The van der Waals surface area contributed by atoms with E-state index in [9.17, 15) is 4.79 Å². The molecule has 0 aliphatic heterocycles. The maximum absolute atomic E-state index is 11.4. The van der Waals surface area contributed by atoms with Crippen LogP contribution in [-0.4, -0.2) is 42.8 Å². The molecule has 0 unspecified atom stereocenters. The summed E-state index contributed by atoms with van der Waals surface area (Å²) in [7, 11) is 1.84. The Balaban J connectivity index is 2.50. The number of ether oxygens (including phenoxy) is 1. The van der Waals surface area contributed by atoms with E-state index in [4.69, 9.17) is 4.74 Å². The Morgan fingerprint density at radius 3 is 2.81 bits per heavy atom. The Kier molecular flexibility index (Phi) is 5.21. The van der Waals surface area contributed by atoms with Crippen molar-refractivity contribution in [2.75, 3.05) is 26.7 Å². The third kappa shape index (κ3) is 3.82. The van der Waals surface area contributed by atoms with E-state index in [-0.39, 0.29) is 5.91 Å². The first-order valence-electron chi connectivity index (χ1n) is 5.17. The van der Waals surface area contributed by atoms with Gasteiger partial charge in [-0.15, -0.1) is 10.2 Å². The number of aromatic nitrogens is 2. The van der Waals surface area contributed by atoms with E-state index < -0.39 is 0 Å². The first-order chi connectivity index (χ1) is 7.77. The standard InChI is InChI=1S/C10H16N4O2/c1-3-12-10(15)8-4-5-9(14-13-8)16-7-6-11-2/h4-5,11H,3,6-7H2,1-2H3,(H,12,15). The molecule has 6 heteroatoms. The lowest BCUT2D eigenvalue weighted by Gasteiger charge is -2.04. The fourth-order valence-electron chi connectivity index (χ4n) is 1.03. The SMILES string of the molecule is CCNC(=O)c1ccc(OCCNC)nn1. The number of amides is 1. The van der Waals surface area contributed by atoms with Gasteiger partial charge < -0.3 is 15.4 Å². The number of nitrogens with one attached hydrogen (secondary N) is 2. The van der Waals surface area contributed by atoms with Crippen LogP contribution >= 0.6 is 0 Å². The summed E-state index contributed by atoms with van der Waals surface area (Å²) in [5.74, 6) is 0.195. The summed E-state index contributed by atoms with van der Waals surface area (Å²) in [6.45, 7) is 3.67. The Bertz CT molecular complexity index is 326. The van der Waals surface area contributed by atoms with Gasteiger partial charge in [-0.25, -0.2) is 0 Å². The van der Waals surface area contributed by atoms with Crippen LogP contribution in [-0.2, 0) is 0 Å². The minimum atomic E-state index is -0.225. The molecule has 0 radical (unpaired) electrons. The monoisotopic (exact) mass is 224 g/mol.